The second-order valence-corrected chi connectivity index (χ2v) is 5.61. The van der Waals surface area contributed by atoms with E-state index in [2.05, 4.69) is 5.32 Å². The first-order valence-corrected chi connectivity index (χ1v) is 7.27. The summed E-state index contributed by atoms with van der Waals surface area (Å²) in [6.07, 6.45) is 0.738. The lowest BCUT2D eigenvalue weighted by Gasteiger charge is -2.07. The molecule has 2 atom stereocenters. The van der Waals surface area contributed by atoms with Crippen LogP contribution < -0.4 is 5.32 Å². The van der Waals surface area contributed by atoms with Crippen LogP contribution >= 0.6 is 23.2 Å². The lowest BCUT2D eigenvalue weighted by molar-refractivity contribution is -0.142. The summed E-state index contributed by atoms with van der Waals surface area (Å²) in [5.41, 5.74) is 0.895. The second-order valence-electron chi connectivity index (χ2n) is 4.83. The molecule has 1 fully saturated rings. The highest BCUT2D eigenvalue weighted by Crippen LogP contribution is 2.50. The van der Waals surface area contributed by atoms with Gasteiger partial charge < -0.3 is 15.2 Å². The number of halogens is 2. The van der Waals surface area contributed by atoms with E-state index in [1.165, 1.54) is 0 Å². The van der Waals surface area contributed by atoms with E-state index in [1.807, 2.05) is 12.1 Å². The molecule has 0 heterocycles. The van der Waals surface area contributed by atoms with Crippen molar-refractivity contribution in [3.8, 4) is 0 Å². The van der Waals surface area contributed by atoms with Crippen molar-refractivity contribution in [2.45, 2.75) is 12.3 Å². The fourth-order valence-electron chi connectivity index (χ4n) is 2.17. The lowest BCUT2D eigenvalue weighted by Crippen LogP contribution is -2.29. The van der Waals surface area contributed by atoms with Crippen LogP contribution in [0.25, 0.3) is 0 Å². The number of nitrogens with one attached hydrogen (secondary N) is 1. The molecule has 5 nitrogen and oxygen atoms in total. The summed E-state index contributed by atoms with van der Waals surface area (Å²) in [6.45, 7) is 0.103. The zero-order valence-corrected chi connectivity index (χ0v) is 12.7. The number of benzene rings is 1. The van der Waals surface area contributed by atoms with Crippen LogP contribution in [0.5, 0.6) is 0 Å². The third-order valence-corrected chi connectivity index (χ3v) is 4.11. The summed E-state index contributed by atoms with van der Waals surface area (Å²) in [5.74, 6) is -1.12. The minimum absolute atomic E-state index is 0.0741. The van der Waals surface area contributed by atoms with Crippen molar-refractivity contribution in [2.75, 3.05) is 19.8 Å². The first-order valence-electron chi connectivity index (χ1n) is 6.52. The first-order chi connectivity index (χ1) is 10.0. The van der Waals surface area contributed by atoms with Crippen molar-refractivity contribution >= 4 is 35.1 Å². The molecule has 1 amide bonds. The molecule has 2 rings (SSSR count). The Kier molecular flexibility index (Phi) is 5.45. The van der Waals surface area contributed by atoms with Gasteiger partial charge >= 0.3 is 5.97 Å². The topological polar surface area (TPSA) is 75.6 Å². The molecule has 1 aromatic carbocycles. The fourth-order valence-corrected chi connectivity index (χ4v) is 2.62. The average Bonchev–Trinajstić information content (AvgIpc) is 3.21. The van der Waals surface area contributed by atoms with E-state index < -0.39 is 5.97 Å². The Morgan fingerprint density at radius 2 is 2.14 bits per heavy atom. The van der Waals surface area contributed by atoms with Crippen LogP contribution in [-0.2, 0) is 14.3 Å². The molecule has 0 saturated heterocycles. The van der Waals surface area contributed by atoms with E-state index in [9.17, 15) is 9.59 Å². The molecule has 0 radical (unpaired) electrons. The van der Waals surface area contributed by atoms with Crippen LogP contribution in [-0.4, -0.2) is 36.7 Å². The monoisotopic (exact) mass is 331 g/mol. The zero-order valence-electron chi connectivity index (χ0n) is 11.1. The van der Waals surface area contributed by atoms with Crippen LogP contribution in [0.3, 0.4) is 0 Å². The number of carbonyl (C=O) groups is 2. The quantitative estimate of drug-likeness (QED) is 0.752. The van der Waals surface area contributed by atoms with Gasteiger partial charge in [0.25, 0.3) is 0 Å². The van der Waals surface area contributed by atoms with E-state index >= 15 is 0 Å². The lowest BCUT2D eigenvalue weighted by atomic mass is 10.1. The smallest absolute Gasteiger partial charge is 0.329 e. The van der Waals surface area contributed by atoms with Crippen LogP contribution in [0.4, 0.5) is 0 Å². The predicted octanol–water partition coefficient (Wildman–Crippen LogP) is 2.31. The normalized spacial score (nSPS) is 20.1. The van der Waals surface area contributed by atoms with Gasteiger partial charge in [-0.2, -0.15) is 0 Å². The molecule has 2 N–H and O–H groups in total. The summed E-state index contributed by atoms with van der Waals surface area (Å²) in [6, 6.07) is 5.41. The molecule has 21 heavy (non-hydrogen) atoms. The number of hydrogen-bond acceptors (Lipinski definition) is 3. The molecular weight excluding hydrogens is 317 g/mol. The van der Waals surface area contributed by atoms with Crippen molar-refractivity contribution in [2.24, 2.45) is 5.92 Å². The van der Waals surface area contributed by atoms with Crippen molar-refractivity contribution in [1.82, 2.24) is 5.32 Å². The fraction of sp³-hybridized carbons (Fsp3) is 0.429. The number of amides is 1. The number of carboxylic acid groups (broad SMARTS) is 1. The van der Waals surface area contributed by atoms with Crippen LogP contribution in [0, 0.1) is 5.92 Å². The minimum Gasteiger partial charge on any atom is -0.480 e. The molecule has 1 saturated carbocycles. The summed E-state index contributed by atoms with van der Waals surface area (Å²) in [7, 11) is 0. The summed E-state index contributed by atoms with van der Waals surface area (Å²) in [5, 5.41) is 12.1. The zero-order chi connectivity index (χ0) is 15.4. The molecule has 0 aromatic heterocycles. The third-order valence-electron chi connectivity index (χ3n) is 3.28. The number of ether oxygens (including phenoxy) is 1. The van der Waals surface area contributed by atoms with Crippen LogP contribution in [0.1, 0.15) is 17.9 Å². The number of carbonyl (C=O) groups excluding carboxylic acids is 1. The Morgan fingerprint density at radius 3 is 2.86 bits per heavy atom. The molecule has 114 valence electrons. The number of aliphatic carboxylic acids is 1. The van der Waals surface area contributed by atoms with E-state index in [-0.39, 0.29) is 31.0 Å². The highest BCUT2D eigenvalue weighted by atomic mass is 35.5. The molecule has 7 heteroatoms. The van der Waals surface area contributed by atoms with Gasteiger partial charge in [0, 0.05) is 12.5 Å². The first kappa shape index (κ1) is 16.1. The molecular formula is C14H15Cl2NO4. The molecule has 1 aliphatic carbocycles. The summed E-state index contributed by atoms with van der Waals surface area (Å²) >= 11 is 12.1. The van der Waals surface area contributed by atoms with Gasteiger partial charge in [-0.3, -0.25) is 4.79 Å². The Hall–Kier alpha value is -1.30. The molecule has 0 aliphatic heterocycles. The van der Waals surface area contributed by atoms with Gasteiger partial charge in [0.05, 0.1) is 16.7 Å². The van der Waals surface area contributed by atoms with Gasteiger partial charge in [-0.05, 0) is 24.0 Å². The van der Waals surface area contributed by atoms with Crippen molar-refractivity contribution in [3.05, 3.63) is 33.8 Å². The van der Waals surface area contributed by atoms with E-state index in [0.717, 1.165) is 12.0 Å². The number of hydrogen-bond donors (Lipinski definition) is 2. The van der Waals surface area contributed by atoms with Crippen LogP contribution in [0.15, 0.2) is 18.2 Å². The van der Waals surface area contributed by atoms with Gasteiger partial charge in [0.1, 0.15) is 6.61 Å². The minimum atomic E-state index is -1.03. The Morgan fingerprint density at radius 1 is 1.38 bits per heavy atom. The molecule has 0 bridgehead atoms. The maximum absolute atomic E-state index is 11.9. The molecule has 1 aliphatic rings. The summed E-state index contributed by atoms with van der Waals surface area (Å²) < 4.78 is 4.84. The largest absolute Gasteiger partial charge is 0.480 e. The number of rotatable bonds is 7. The van der Waals surface area contributed by atoms with Crippen molar-refractivity contribution in [1.29, 1.82) is 0 Å². The van der Waals surface area contributed by atoms with Crippen molar-refractivity contribution < 1.29 is 19.4 Å². The second kappa shape index (κ2) is 7.11. The van der Waals surface area contributed by atoms with E-state index in [0.29, 0.717) is 16.6 Å². The van der Waals surface area contributed by atoms with Gasteiger partial charge in [0.2, 0.25) is 5.91 Å². The Labute approximate surface area is 132 Å². The summed E-state index contributed by atoms with van der Waals surface area (Å²) in [4.78, 5) is 22.2. The van der Waals surface area contributed by atoms with Gasteiger partial charge in [-0.25, -0.2) is 4.79 Å². The maximum Gasteiger partial charge on any atom is 0.329 e. The predicted molar refractivity (Wildman–Crippen MR) is 78.8 cm³/mol. The van der Waals surface area contributed by atoms with Gasteiger partial charge in [-0.1, -0.05) is 35.3 Å². The maximum atomic E-state index is 11.9. The Balaban J connectivity index is 1.76. The van der Waals surface area contributed by atoms with E-state index in [1.54, 1.807) is 6.07 Å². The SMILES string of the molecule is O=C(O)COCCNC(=O)C1CC1c1cccc(Cl)c1Cl. The third kappa shape index (κ3) is 4.33. The number of carboxylic acids is 1. The van der Waals surface area contributed by atoms with Gasteiger partial charge in [-0.15, -0.1) is 0 Å². The highest BCUT2D eigenvalue weighted by Gasteiger charge is 2.44. The molecule has 1 aromatic rings. The van der Waals surface area contributed by atoms with Gasteiger partial charge in [0.15, 0.2) is 0 Å². The van der Waals surface area contributed by atoms with Crippen LogP contribution in [0.2, 0.25) is 10.0 Å². The van der Waals surface area contributed by atoms with Crippen molar-refractivity contribution in [3.63, 3.8) is 0 Å². The Bertz CT molecular complexity index is 550. The standard InChI is InChI=1S/C14H15Cl2NO4/c15-11-3-1-2-8(13(11)16)9-6-10(9)14(20)17-4-5-21-7-12(18)19/h1-3,9-10H,4-7H2,(H,17,20)(H,18,19). The highest BCUT2D eigenvalue weighted by molar-refractivity contribution is 6.42. The average molecular weight is 332 g/mol. The van der Waals surface area contributed by atoms with E-state index in [4.69, 9.17) is 33.0 Å². The molecule has 2 unspecified atom stereocenters. The molecule has 0 spiro atoms.